The van der Waals surface area contributed by atoms with Crippen LogP contribution in [0, 0.1) is 12.7 Å². The van der Waals surface area contributed by atoms with Crippen LogP contribution in [0.1, 0.15) is 56.2 Å². The van der Waals surface area contributed by atoms with E-state index in [2.05, 4.69) is 15.6 Å². The Morgan fingerprint density at radius 3 is 2.68 bits per heavy atom. The van der Waals surface area contributed by atoms with Gasteiger partial charge in [0.25, 0.3) is 5.91 Å². The lowest BCUT2D eigenvalue weighted by molar-refractivity contribution is -0.129. The number of ether oxygens (including phenoxy) is 1. The number of hydrogen-bond acceptors (Lipinski definition) is 5. The summed E-state index contributed by atoms with van der Waals surface area (Å²) in [5, 5.41) is 6.32. The topological polar surface area (TPSA) is 83.0 Å². The highest BCUT2D eigenvalue weighted by Gasteiger charge is 2.35. The average molecular weight is 507 g/mol. The number of benzene rings is 2. The molecule has 0 radical (unpaired) electrons. The molecule has 1 fully saturated rings. The summed E-state index contributed by atoms with van der Waals surface area (Å²) in [7, 11) is 0. The van der Waals surface area contributed by atoms with Crippen LogP contribution in [0.3, 0.4) is 0 Å². The van der Waals surface area contributed by atoms with E-state index in [1.54, 1.807) is 18.5 Å². The largest absolute Gasteiger partial charge is 0.382 e. The number of carbonyl (C=O) groups is 2. The summed E-state index contributed by atoms with van der Waals surface area (Å²) < 4.78 is 20.1. The van der Waals surface area contributed by atoms with Crippen LogP contribution in [0.25, 0.3) is 0 Å². The number of rotatable bonds is 9. The highest BCUT2D eigenvalue weighted by atomic mass is 19.1. The fraction of sp³-hybridized carbons (Fsp3) is 0.414. The van der Waals surface area contributed by atoms with E-state index in [9.17, 15) is 14.0 Å². The van der Waals surface area contributed by atoms with Crippen molar-refractivity contribution in [2.24, 2.45) is 4.99 Å². The maximum absolute atomic E-state index is 14.3. The third-order valence-corrected chi connectivity index (χ3v) is 6.93. The van der Waals surface area contributed by atoms with Crippen molar-refractivity contribution in [3.05, 3.63) is 77.9 Å². The molecule has 1 aliphatic carbocycles. The zero-order valence-corrected chi connectivity index (χ0v) is 21.5. The van der Waals surface area contributed by atoms with Crippen LogP contribution in [-0.4, -0.2) is 42.8 Å². The van der Waals surface area contributed by atoms with Crippen molar-refractivity contribution in [3.8, 4) is 0 Å². The van der Waals surface area contributed by atoms with Gasteiger partial charge in [0.05, 0.1) is 18.4 Å². The van der Waals surface area contributed by atoms with Crippen LogP contribution in [0.5, 0.6) is 0 Å². The number of halogens is 1. The normalized spacial score (nSPS) is 18.5. The maximum Gasteiger partial charge on any atom is 0.254 e. The molecule has 1 heterocycles. The molecule has 1 saturated carbocycles. The van der Waals surface area contributed by atoms with Crippen LogP contribution in [0.2, 0.25) is 0 Å². The first-order chi connectivity index (χ1) is 17.9. The molecule has 196 valence electrons. The van der Waals surface area contributed by atoms with Gasteiger partial charge in [-0.1, -0.05) is 49.6 Å². The minimum absolute atomic E-state index is 0.0135. The van der Waals surface area contributed by atoms with E-state index in [-0.39, 0.29) is 31.2 Å². The van der Waals surface area contributed by atoms with Gasteiger partial charge in [0.1, 0.15) is 18.5 Å². The monoisotopic (exact) mass is 506 g/mol. The van der Waals surface area contributed by atoms with Gasteiger partial charge in [-0.3, -0.25) is 19.5 Å². The molecule has 0 saturated heterocycles. The van der Waals surface area contributed by atoms with E-state index in [0.29, 0.717) is 11.3 Å². The number of aryl methyl sites for hydroxylation is 1. The van der Waals surface area contributed by atoms with Gasteiger partial charge >= 0.3 is 0 Å². The molecule has 8 heteroatoms. The highest BCUT2D eigenvalue weighted by molar-refractivity contribution is 6.02. The van der Waals surface area contributed by atoms with E-state index in [1.807, 2.05) is 38.1 Å². The van der Waals surface area contributed by atoms with Gasteiger partial charge in [0, 0.05) is 24.1 Å². The molecule has 2 unspecified atom stereocenters. The predicted octanol–water partition coefficient (Wildman–Crippen LogP) is 4.58. The fourth-order valence-corrected chi connectivity index (χ4v) is 4.88. The number of carbonyl (C=O) groups excluding carboxylic acids is 2. The smallest absolute Gasteiger partial charge is 0.254 e. The van der Waals surface area contributed by atoms with Gasteiger partial charge in [0.15, 0.2) is 0 Å². The molecule has 1 aliphatic heterocycles. The molecule has 2 N–H and O–H groups in total. The predicted molar refractivity (Wildman–Crippen MR) is 143 cm³/mol. The standard InChI is InChI=1S/C29H35FN4O3/c1-20-9-6-7-14-25(20)28(29(36)33-23-11-4-3-5-12-23)34(24-13-8-10-22(30)17-24)27(35)19-37-18-26-21(2)31-15-16-32-26/h6-10,13-17,21,23,28,31H,3-5,11-12,18-19H2,1-2H3,(H,33,36). The molecule has 2 amide bonds. The Morgan fingerprint density at radius 1 is 1.16 bits per heavy atom. The number of nitrogens with one attached hydrogen (secondary N) is 2. The van der Waals surface area contributed by atoms with Crippen LogP contribution >= 0.6 is 0 Å². The van der Waals surface area contributed by atoms with Crippen LogP contribution in [0.4, 0.5) is 10.1 Å². The van der Waals surface area contributed by atoms with Crippen molar-refractivity contribution in [1.29, 1.82) is 0 Å². The third kappa shape index (κ3) is 6.83. The molecule has 7 nitrogen and oxygen atoms in total. The van der Waals surface area contributed by atoms with E-state index in [4.69, 9.17) is 4.74 Å². The van der Waals surface area contributed by atoms with Crippen LogP contribution in [-0.2, 0) is 14.3 Å². The SMILES string of the molecule is Cc1ccccc1C(C(=O)NC1CCCCC1)N(C(=O)COCC1=NC=CNC1C)c1cccc(F)c1. The second-order valence-corrected chi connectivity index (χ2v) is 9.66. The number of nitrogens with zero attached hydrogens (tertiary/aromatic N) is 2. The van der Waals surface area contributed by atoms with Crippen molar-refractivity contribution in [3.63, 3.8) is 0 Å². The number of hydrogen-bond donors (Lipinski definition) is 2. The molecule has 0 bridgehead atoms. The van der Waals surface area contributed by atoms with Gasteiger partial charge in [-0.05, 0) is 56.0 Å². The molecule has 2 aromatic carbocycles. The molecule has 4 rings (SSSR count). The summed E-state index contributed by atoms with van der Waals surface area (Å²) in [5.74, 6) is -1.21. The summed E-state index contributed by atoms with van der Waals surface area (Å²) in [5.41, 5.74) is 2.62. The summed E-state index contributed by atoms with van der Waals surface area (Å²) in [4.78, 5) is 33.3. The van der Waals surface area contributed by atoms with Crippen LogP contribution < -0.4 is 15.5 Å². The fourth-order valence-electron chi connectivity index (χ4n) is 4.88. The minimum Gasteiger partial charge on any atom is -0.382 e. The molecule has 2 aromatic rings. The van der Waals surface area contributed by atoms with Crippen molar-refractivity contribution >= 4 is 23.2 Å². The Bertz CT molecular complexity index is 1160. The summed E-state index contributed by atoms with van der Waals surface area (Å²) in [6.07, 6.45) is 8.50. The Morgan fingerprint density at radius 2 is 1.95 bits per heavy atom. The molecule has 2 atom stereocenters. The highest BCUT2D eigenvalue weighted by Crippen LogP contribution is 2.31. The molecular formula is C29H35FN4O3. The molecule has 37 heavy (non-hydrogen) atoms. The molecule has 2 aliphatic rings. The van der Waals surface area contributed by atoms with Gasteiger partial charge in [-0.15, -0.1) is 0 Å². The van der Waals surface area contributed by atoms with E-state index < -0.39 is 17.8 Å². The quantitative estimate of drug-likeness (QED) is 0.522. The van der Waals surface area contributed by atoms with Crippen molar-refractivity contribution < 1.29 is 18.7 Å². The van der Waals surface area contributed by atoms with E-state index >= 15 is 0 Å². The molecular weight excluding hydrogens is 471 g/mol. The number of aliphatic imine (C=N–C) groups is 1. The Hall–Kier alpha value is -3.52. The second-order valence-electron chi connectivity index (χ2n) is 9.66. The second kappa shape index (κ2) is 12.6. The lowest BCUT2D eigenvalue weighted by Gasteiger charge is -2.34. The lowest BCUT2D eigenvalue weighted by atomic mass is 9.93. The van der Waals surface area contributed by atoms with E-state index in [0.717, 1.165) is 43.4 Å². The van der Waals surface area contributed by atoms with Gasteiger partial charge < -0.3 is 15.4 Å². The first-order valence-corrected chi connectivity index (χ1v) is 12.9. The van der Waals surface area contributed by atoms with Gasteiger partial charge in [-0.2, -0.15) is 0 Å². The number of amides is 2. The maximum atomic E-state index is 14.3. The zero-order valence-electron chi connectivity index (χ0n) is 21.5. The number of anilines is 1. The minimum atomic E-state index is -0.975. The van der Waals surface area contributed by atoms with Crippen molar-refractivity contribution in [2.75, 3.05) is 18.1 Å². The Kier molecular flexibility index (Phi) is 9.06. The van der Waals surface area contributed by atoms with Gasteiger partial charge in [0.2, 0.25) is 5.91 Å². The van der Waals surface area contributed by atoms with Crippen molar-refractivity contribution in [1.82, 2.24) is 10.6 Å². The summed E-state index contributed by atoms with van der Waals surface area (Å²) in [6, 6.07) is 12.3. The summed E-state index contributed by atoms with van der Waals surface area (Å²) in [6.45, 7) is 3.73. The zero-order chi connectivity index (χ0) is 26.2. The van der Waals surface area contributed by atoms with Gasteiger partial charge in [-0.25, -0.2) is 4.39 Å². The first kappa shape index (κ1) is 26.5. The Balaban J connectivity index is 1.65. The first-order valence-electron chi connectivity index (χ1n) is 12.9. The lowest BCUT2D eigenvalue weighted by Crippen LogP contribution is -2.48. The van der Waals surface area contributed by atoms with Crippen molar-refractivity contribution in [2.45, 2.75) is 64.1 Å². The third-order valence-electron chi connectivity index (χ3n) is 6.93. The molecule has 0 aromatic heterocycles. The molecule has 0 spiro atoms. The summed E-state index contributed by atoms with van der Waals surface area (Å²) >= 11 is 0. The average Bonchev–Trinajstić information content (AvgIpc) is 2.89. The van der Waals surface area contributed by atoms with Crippen LogP contribution in [0.15, 0.2) is 65.9 Å². The van der Waals surface area contributed by atoms with E-state index in [1.165, 1.54) is 23.1 Å². The Labute approximate surface area is 217 Å².